The number of nitrogen functional groups attached to an aromatic ring is 1. The maximum atomic E-state index is 10.4. The lowest BCUT2D eigenvalue weighted by Gasteiger charge is -1.96. The van der Waals surface area contributed by atoms with Crippen LogP contribution in [-0.2, 0) is 4.79 Å². The summed E-state index contributed by atoms with van der Waals surface area (Å²) in [5.41, 5.74) is 5.40. The van der Waals surface area contributed by atoms with Gasteiger partial charge >= 0.3 is 5.97 Å². The van der Waals surface area contributed by atoms with E-state index < -0.39 is 5.97 Å². The van der Waals surface area contributed by atoms with Gasteiger partial charge in [0.15, 0.2) is 0 Å². The van der Waals surface area contributed by atoms with Crippen molar-refractivity contribution in [3.8, 4) is 0 Å². The van der Waals surface area contributed by atoms with Gasteiger partial charge in [-0.05, 0) is 6.07 Å². The lowest BCUT2D eigenvalue weighted by atomic mass is 10.4. The molecule has 0 saturated heterocycles. The van der Waals surface area contributed by atoms with Gasteiger partial charge in [0.2, 0.25) is 0 Å². The highest BCUT2D eigenvalue weighted by atomic mass is 16.7. The van der Waals surface area contributed by atoms with Gasteiger partial charge in [0, 0.05) is 6.92 Å². The fourth-order valence-electron chi connectivity index (χ4n) is 0.633. The number of hydrogen-bond donors (Lipinski definition) is 2. The smallest absolute Gasteiger partial charge is 0.331 e. The summed E-state index contributed by atoms with van der Waals surface area (Å²) in [6.45, 7) is 1.26. The topological polar surface area (TPSA) is 94.0 Å². The SMILES string of the molecule is CC(=O)On1ccc(C(=N)N)n1. The van der Waals surface area contributed by atoms with Crippen molar-refractivity contribution in [3.63, 3.8) is 0 Å². The molecule has 1 rings (SSSR count). The summed E-state index contributed by atoms with van der Waals surface area (Å²) in [5, 5.41) is 10.7. The van der Waals surface area contributed by atoms with Gasteiger partial charge in [-0.1, -0.05) is 4.85 Å². The van der Waals surface area contributed by atoms with Crippen molar-refractivity contribution in [3.05, 3.63) is 18.0 Å². The quantitative estimate of drug-likeness (QED) is 0.444. The van der Waals surface area contributed by atoms with Crippen molar-refractivity contribution in [1.82, 2.24) is 9.94 Å². The highest BCUT2D eigenvalue weighted by Crippen LogP contribution is 1.91. The second kappa shape index (κ2) is 3.04. The van der Waals surface area contributed by atoms with Gasteiger partial charge in [-0.2, -0.15) is 0 Å². The first-order chi connectivity index (χ1) is 5.59. The molecule has 0 atom stereocenters. The van der Waals surface area contributed by atoms with Crippen molar-refractivity contribution < 1.29 is 9.63 Å². The van der Waals surface area contributed by atoms with Gasteiger partial charge in [0.05, 0.1) is 6.20 Å². The zero-order valence-corrected chi connectivity index (χ0v) is 6.44. The number of rotatable bonds is 2. The Bertz CT molecular complexity index is 317. The third kappa shape index (κ3) is 1.82. The first-order valence-corrected chi connectivity index (χ1v) is 3.18. The fraction of sp³-hybridized carbons (Fsp3) is 0.167. The number of aromatic nitrogens is 2. The molecule has 0 bridgehead atoms. The number of nitrogens with two attached hydrogens (primary N) is 1. The minimum absolute atomic E-state index is 0.166. The average Bonchev–Trinajstić information content (AvgIpc) is 2.34. The lowest BCUT2D eigenvalue weighted by molar-refractivity contribution is -0.143. The minimum Gasteiger partial charge on any atom is -0.382 e. The standard InChI is InChI=1S/C6H8N4O2/c1-4(11)12-10-3-2-5(9-10)6(7)8/h2-3H,1H3,(H3,7,8). The molecular formula is C6H8N4O2. The van der Waals surface area contributed by atoms with Gasteiger partial charge in [-0.3, -0.25) is 5.41 Å². The van der Waals surface area contributed by atoms with E-state index in [4.69, 9.17) is 11.1 Å². The second-order valence-electron chi connectivity index (χ2n) is 2.10. The minimum atomic E-state index is -0.479. The molecular weight excluding hydrogens is 160 g/mol. The Morgan fingerprint density at radius 1 is 1.83 bits per heavy atom. The third-order valence-corrected chi connectivity index (χ3v) is 1.06. The average molecular weight is 168 g/mol. The largest absolute Gasteiger partial charge is 0.382 e. The zero-order valence-electron chi connectivity index (χ0n) is 6.44. The van der Waals surface area contributed by atoms with E-state index in [1.807, 2.05) is 0 Å². The Kier molecular flexibility index (Phi) is 2.09. The predicted molar refractivity (Wildman–Crippen MR) is 40.5 cm³/mol. The van der Waals surface area contributed by atoms with Crippen molar-refractivity contribution in [2.24, 2.45) is 5.73 Å². The maximum Gasteiger partial charge on any atom is 0.331 e. The summed E-state index contributed by atoms with van der Waals surface area (Å²) in [7, 11) is 0. The van der Waals surface area contributed by atoms with Crippen LogP contribution < -0.4 is 10.6 Å². The van der Waals surface area contributed by atoms with Crippen LogP contribution in [0.4, 0.5) is 0 Å². The van der Waals surface area contributed by atoms with Crippen LogP contribution in [0.15, 0.2) is 12.3 Å². The van der Waals surface area contributed by atoms with Crippen LogP contribution in [0.1, 0.15) is 12.6 Å². The molecule has 0 unspecified atom stereocenters. The molecule has 3 N–H and O–H groups in total. The molecule has 6 heteroatoms. The lowest BCUT2D eigenvalue weighted by Crippen LogP contribution is -2.19. The number of nitrogens with zero attached hydrogens (tertiary/aromatic N) is 2. The highest BCUT2D eigenvalue weighted by Gasteiger charge is 2.02. The molecule has 0 spiro atoms. The van der Waals surface area contributed by atoms with Crippen LogP contribution in [0, 0.1) is 5.41 Å². The van der Waals surface area contributed by atoms with Crippen LogP contribution in [0.25, 0.3) is 0 Å². The summed E-state index contributed by atoms with van der Waals surface area (Å²) < 4.78 is 0. The molecule has 0 aliphatic rings. The molecule has 1 heterocycles. The van der Waals surface area contributed by atoms with E-state index in [9.17, 15) is 4.79 Å². The van der Waals surface area contributed by atoms with Crippen molar-refractivity contribution in [2.45, 2.75) is 6.92 Å². The summed E-state index contributed by atoms with van der Waals surface area (Å²) in [5.74, 6) is -0.644. The van der Waals surface area contributed by atoms with Gasteiger partial charge in [0.25, 0.3) is 0 Å². The molecule has 0 aliphatic carbocycles. The fourth-order valence-corrected chi connectivity index (χ4v) is 0.633. The monoisotopic (exact) mass is 168 g/mol. The molecule has 0 amide bonds. The van der Waals surface area contributed by atoms with Crippen LogP contribution in [-0.4, -0.2) is 21.7 Å². The number of nitrogens with one attached hydrogen (secondary N) is 1. The van der Waals surface area contributed by atoms with Crippen LogP contribution in [0.2, 0.25) is 0 Å². The van der Waals surface area contributed by atoms with Crippen LogP contribution >= 0.6 is 0 Å². The van der Waals surface area contributed by atoms with Gasteiger partial charge in [-0.15, -0.1) is 5.10 Å². The van der Waals surface area contributed by atoms with Crippen molar-refractivity contribution in [2.75, 3.05) is 0 Å². The van der Waals surface area contributed by atoms with Gasteiger partial charge in [0.1, 0.15) is 11.5 Å². The molecule has 0 aromatic carbocycles. The summed E-state index contributed by atoms with van der Waals surface area (Å²) in [6.07, 6.45) is 1.40. The molecule has 64 valence electrons. The van der Waals surface area contributed by atoms with Crippen molar-refractivity contribution in [1.29, 1.82) is 5.41 Å². The zero-order chi connectivity index (χ0) is 9.14. The molecule has 0 saturated carbocycles. The normalized spacial score (nSPS) is 9.42. The second-order valence-corrected chi connectivity index (χ2v) is 2.10. The molecule has 1 aromatic heterocycles. The Labute approximate surface area is 68.4 Å². The summed E-state index contributed by atoms with van der Waals surface area (Å²) in [6, 6.07) is 1.48. The Morgan fingerprint density at radius 3 is 2.92 bits per heavy atom. The molecule has 1 aromatic rings. The molecule has 12 heavy (non-hydrogen) atoms. The van der Waals surface area contributed by atoms with E-state index in [0.717, 1.165) is 4.85 Å². The van der Waals surface area contributed by atoms with Crippen LogP contribution in [0.3, 0.4) is 0 Å². The number of amidine groups is 1. The molecule has 0 radical (unpaired) electrons. The van der Waals surface area contributed by atoms with E-state index >= 15 is 0 Å². The van der Waals surface area contributed by atoms with E-state index in [0.29, 0.717) is 0 Å². The molecule has 6 nitrogen and oxygen atoms in total. The maximum absolute atomic E-state index is 10.4. The Morgan fingerprint density at radius 2 is 2.50 bits per heavy atom. The van der Waals surface area contributed by atoms with E-state index in [1.165, 1.54) is 19.2 Å². The van der Waals surface area contributed by atoms with Gasteiger partial charge in [-0.25, -0.2) is 4.79 Å². The molecule has 0 aliphatic heterocycles. The van der Waals surface area contributed by atoms with E-state index in [-0.39, 0.29) is 11.5 Å². The summed E-state index contributed by atoms with van der Waals surface area (Å²) in [4.78, 5) is 15.9. The summed E-state index contributed by atoms with van der Waals surface area (Å²) >= 11 is 0. The van der Waals surface area contributed by atoms with E-state index in [2.05, 4.69) is 9.94 Å². The Hall–Kier alpha value is -1.85. The predicted octanol–water partition coefficient (Wildman–Crippen LogP) is -0.858. The Balaban J connectivity index is 2.77. The molecule has 0 fully saturated rings. The first-order valence-electron chi connectivity index (χ1n) is 3.18. The van der Waals surface area contributed by atoms with Gasteiger partial charge < -0.3 is 10.6 Å². The van der Waals surface area contributed by atoms with E-state index in [1.54, 1.807) is 0 Å². The van der Waals surface area contributed by atoms with Crippen molar-refractivity contribution >= 4 is 11.8 Å². The third-order valence-electron chi connectivity index (χ3n) is 1.06. The number of hydrogen-bond acceptors (Lipinski definition) is 4. The number of carbonyl (C=O) groups is 1. The van der Waals surface area contributed by atoms with Crippen LogP contribution in [0.5, 0.6) is 0 Å². The number of carbonyl (C=O) groups excluding carboxylic acids is 1. The first kappa shape index (κ1) is 8.25. The highest BCUT2D eigenvalue weighted by molar-refractivity contribution is 5.92.